The molecule has 0 aromatic carbocycles. The number of piperidine rings is 1. The average molecular weight is 358 g/mol. The highest BCUT2D eigenvalue weighted by molar-refractivity contribution is 5.43. The lowest BCUT2D eigenvalue weighted by molar-refractivity contribution is 0.373. The van der Waals surface area contributed by atoms with E-state index in [1.807, 2.05) is 18.5 Å². The minimum atomic E-state index is 0.428. The van der Waals surface area contributed by atoms with Crippen LogP contribution < -0.4 is 9.80 Å². The van der Waals surface area contributed by atoms with Gasteiger partial charge in [0.2, 0.25) is 5.95 Å². The molecule has 1 aliphatic rings. The summed E-state index contributed by atoms with van der Waals surface area (Å²) in [7, 11) is 6.28. The van der Waals surface area contributed by atoms with E-state index in [0.717, 1.165) is 50.9 Å². The lowest BCUT2D eigenvalue weighted by atomic mass is 9.97. The summed E-state index contributed by atoms with van der Waals surface area (Å²) in [4.78, 5) is 20.6. The van der Waals surface area contributed by atoms with Gasteiger partial charge in [-0.3, -0.25) is 0 Å². The number of rotatable bonds is 7. The molecule has 0 N–H and O–H groups in total. The third-order valence-electron chi connectivity index (χ3n) is 5.10. The first-order chi connectivity index (χ1) is 12.6. The summed E-state index contributed by atoms with van der Waals surface area (Å²) in [6.07, 6.45) is 8.21. The molecule has 0 bridgehead atoms. The van der Waals surface area contributed by atoms with Crippen LogP contribution in [0.25, 0.3) is 0 Å². The van der Waals surface area contributed by atoms with Crippen LogP contribution in [0.4, 0.5) is 11.8 Å². The van der Waals surface area contributed by atoms with Crippen molar-refractivity contribution in [1.82, 2.24) is 24.4 Å². The molecular formula is C19H31N7. The van der Waals surface area contributed by atoms with Crippen molar-refractivity contribution < 1.29 is 0 Å². The van der Waals surface area contributed by atoms with E-state index in [4.69, 9.17) is 4.98 Å². The molecule has 1 atom stereocenters. The van der Waals surface area contributed by atoms with E-state index in [1.54, 1.807) is 0 Å². The predicted octanol–water partition coefficient (Wildman–Crippen LogP) is 2.07. The SMILES string of the molecule is CCN(C)c1ccnc(N2CCCC(c3nccn3CCN(C)C)C2)n1. The smallest absolute Gasteiger partial charge is 0.227 e. The van der Waals surface area contributed by atoms with E-state index >= 15 is 0 Å². The Hall–Kier alpha value is -2.15. The molecule has 0 aliphatic carbocycles. The molecule has 1 fully saturated rings. The normalized spacial score (nSPS) is 17.7. The second-order valence-electron chi connectivity index (χ2n) is 7.30. The van der Waals surface area contributed by atoms with Gasteiger partial charge in [-0.2, -0.15) is 4.98 Å². The molecule has 2 aromatic rings. The van der Waals surface area contributed by atoms with Gasteiger partial charge in [0.15, 0.2) is 0 Å². The zero-order valence-electron chi connectivity index (χ0n) is 16.5. The molecule has 1 unspecified atom stereocenters. The lowest BCUT2D eigenvalue weighted by Gasteiger charge is -2.33. The van der Waals surface area contributed by atoms with Crippen molar-refractivity contribution in [3.8, 4) is 0 Å². The number of imidazole rings is 1. The lowest BCUT2D eigenvalue weighted by Crippen LogP contribution is -2.37. The summed E-state index contributed by atoms with van der Waals surface area (Å²) in [6, 6.07) is 1.97. The van der Waals surface area contributed by atoms with E-state index < -0.39 is 0 Å². The van der Waals surface area contributed by atoms with E-state index in [0.29, 0.717) is 5.92 Å². The summed E-state index contributed by atoms with van der Waals surface area (Å²) in [5, 5.41) is 0. The molecule has 7 nitrogen and oxygen atoms in total. The van der Waals surface area contributed by atoms with Crippen LogP contribution in [0.1, 0.15) is 31.5 Å². The fourth-order valence-electron chi connectivity index (χ4n) is 3.41. The number of hydrogen-bond donors (Lipinski definition) is 0. The van der Waals surface area contributed by atoms with Crippen molar-refractivity contribution in [1.29, 1.82) is 0 Å². The Morgan fingerprint density at radius 3 is 2.81 bits per heavy atom. The van der Waals surface area contributed by atoms with Crippen molar-refractivity contribution in [2.75, 3.05) is 57.1 Å². The zero-order valence-corrected chi connectivity index (χ0v) is 16.5. The monoisotopic (exact) mass is 357 g/mol. The molecule has 7 heteroatoms. The molecule has 3 heterocycles. The quantitative estimate of drug-likeness (QED) is 0.756. The Labute approximate surface area is 156 Å². The van der Waals surface area contributed by atoms with E-state index in [2.05, 4.69) is 63.5 Å². The van der Waals surface area contributed by atoms with Gasteiger partial charge in [0.25, 0.3) is 0 Å². The summed E-state index contributed by atoms with van der Waals surface area (Å²) >= 11 is 0. The van der Waals surface area contributed by atoms with Crippen molar-refractivity contribution in [3.05, 3.63) is 30.5 Å². The van der Waals surface area contributed by atoms with Crippen molar-refractivity contribution >= 4 is 11.8 Å². The topological polar surface area (TPSA) is 53.3 Å². The standard InChI is InChI=1S/C19H31N7/c1-5-24(4)17-8-9-21-19(22-17)26-11-6-7-16(15-26)18-20-10-12-25(18)14-13-23(2)3/h8-10,12,16H,5-7,11,13-15H2,1-4H3. The summed E-state index contributed by atoms with van der Waals surface area (Å²) in [6.45, 7) is 7.00. The van der Waals surface area contributed by atoms with Crippen LogP contribution in [0.5, 0.6) is 0 Å². The third-order valence-corrected chi connectivity index (χ3v) is 5.10. The van der Waals surface area contributed by atoms with Crippen LogP contribution in [0.2, 0.25) is 0 Å². The first kappa shape index (κ1) is 18.6. The van der Waals surface area contributed by atoms with Gasteiger partial charge in [0.1, 0.15) is 11.6 Å². The van der Waals surface area contributed by atoms with E-state index in [-0.39, 0.29) is 0 Å². The molecule has 26 heavy (non-hydrogen) atoms. The van der Waals surface area contributed by atoms with Crippen LogP contribution in [0, 0.1) is 0 Å². The van der Waals surface area contributed by atoms with Crippen LogP contribution in [0.15, 0.2) is 24.7 Å². The fraction of sp³-hybridized carbons (Fsp3) is 0.632. The van der Waals surface area contributed by atoms with E-state index in [9.17, 15) is 0 Å². The number of likely N-dealkylation sites (N-methyl/N-ethyl adjacent to an activating group) is 1. The van der Waals surface area contributed by atoms with Gasteiger partial charge >= 0.3 is 0 Å². The molecule has 0 radical (unpaired) electrons. The molecule has 3 rings (SSSR count). The van der Waals surface area contributed by atoms with Gasteiger partial charge in [-0.05, 0) is 39.9 Å². The molecular weight excluding hydrogens is 326 g/mol. The van der Waals surface area contributed by atoms with Crippen LogP contribution >= 0.6 is 0 Å². The zero-order chi connectivity index (χ0) is 18.5. The first-order valence-electron chi connectivity index (χ1n) is 9.53. The molecule has 142 valence electrons. The Bertz CT molecular complexity index is 697. The Balaban J connectivity index is 1.73. The third kappa shape index (κ3) is 4.33. The minimum absolute atomic E-state index is 0.428. The average Bonchev–Trinajstić information content (AvgIpc) is 3.14. The predicted molar refractivity (Wildman–Crippen MR) is 106 cm³/mol. The van der Waals surface area contributed by atoms with Crippen LogP contribution in [-0.4, -0.2) is 71.7 Å². The molecule has 0 amide bonds. The van der Waals surface area contributed by atoms with Crippen LogP contribution in [-0.2, 0) is 6.54 Å². The molecule has 1 saturated heterocycles. The maximum atomic E-state index is 4.77. The molecule has 1 aliphatic heterocycles. The highest BCUT2D eigenvalue weighted by atomic mass is 15.3. The summed E-state index contributed by atoms with van der Waals surface area (Å²) < 4.78 is 2.30. The second kappa shape index (κ2) is 8.49. The number of anilines is 2. The van der Waals surface area contributed by atoms with Gasteiger partial charge in [0.05, 0.1) is 0 Å². The first-order valence-corrected chi connectivity index (χ1v) is 9.53. The molecule has 0 spiro atoms. The molecule has 2 aromatic heterocycles. The Kier molecular flexibility index (Phi) is 6.08. The maximum absolute atomic E-state index is 4.77. The van der Waals surface area contributed by atoms with Gasteiger partial charge in [-0.15, -0.1) is 0 Å². The number of nitrogens with zero attached hydrogens (tertiary/aromatic N) is 7. The highest BCUT2D eigenvalue weighted by Crippen LogP contribution is 2.28. The number of aromatic nitrogens is 4. The maximum Gasteiger partial charge on any atom is 0.227 e. The minimum Gasteiger partial charge on any atom is -0.360 e. The highest BCUT2D eigenvalue weighted by Gasteiger charge is 2.26. The largest absolute Gasteiger partial charge is 0.360 e. The van der Waals surface area contributed by atoms with Crippen LogP contribution in [0.3, 0.4) is 0 Å². The summed E-state index contributed by atoms with van der Waals surface area (Å²) in [5.41, 5.74) is 0. The summed E-state index contributed by atoms with van der Waals surface area (Å²) in [5.74, 6) is 3.43. The Morgan fingerprint density at radius 1 is 1.19 bits per heavy atom. The van der Waals surface area contributed by atoms with Gasteiger partial charge in [-0.1, -0.05) is 0 Å². The van der Waals surface area contributed by atoms with Gasteiger partial charge in [-0.25, -0.2) is 9.97 Å². The van der Waals surface area contributed by atoms with Crippen molar-refractivity contribution in [3.63, 3.8) is 0 Å². The number of hydrogen-bond acceptors (Lipinski definition) is 6. The fourth-order valence-corrected chi connectivity index (χ4v) is 3.41. The van der Waals surface area contributed by atoms with Crippen molar-refractivity contribution in [2.45, 2.75) is 32.2 Å². The van der Waals surface area contributed by atoms with Gasteiger partial charge < -0.3 is 19.3 Å². The van der Waals surface area contributed by atoms with Crippen molar-refractivity contribution in [2.24, 2.45) is 0 Å². The van der Waals surface area contributed by atoms with E-state index in [1.165, 1.54) is 12.2 Å². The second-order valence-corrected chi connectivity index (χ2v) is 7.30. The molecule has 0 saturated carbocycles. The van der Waals surface area contributed by atoms with Gasteiger partial charge in [0, 0.05) is 64.3 Å². The Morgan fingerprint density at radius 2 is 2.04 bits per heavy atom.